The van der Waals surface area contributed by atoms with Crippen molar-refractivity contribution in [2.45, 2.75) is 39.5 Å². The Morgan fingerprint density at radius 3 is 2.24 bits per heavy atom. The summed E-state index contributed by atoms with van der Waals surface area (Å²) in [4.78, 5) is 2.29. The Morgan fingerprint density at radius 2 is 1.65 bits per heavy atom. The molecule has 1 aromatic carbocycles. The molecule has 2 nitrogen and oxygen atoms in total. The van der Waals surface area contributed by atoms with Gasteiger partial charge in [-0.25, -0.2) is 0 Å². The van der Waals surface area contributed by atoms with Crippen LogP contribution in [0.1, 0.15) is 50.7 Å². The molecule has 0 aliphatic carbocycles. The van der Waals surface area contributed by atoms with Crippen LogP contribution >= 0.6 is 0 Å². The smallest absolute Gasteiger partial charge is 0.142 e. The predicted molar refractivity (Wildman–Crippen MR) is 73.4 cm³/mol. The van der Waals surface area contributed by atoms with Crippen molar-refractivity contribution in [1.29, 1.82) is 0 Å². The second-order valence-corrected chi connectivity index (χ2v) is 5.53. The van der Waals surface area contributed by atoms with Gasteiger partial charge in [0.15, 0.2) is 0 Å². The van der Waals surface area contributed by atoms with E-state index in [4.69, 9.17) is 4.74 Å². The molecule has 0 bridgehead atoms. The van der Waals surface area contributed by atoms with Gasteiger partial charge in [0.25, 0.3) is 0 Å². The first kappa shape index (κ1) is 12.3. The first-order valence-corrected chi connectivity index (χ1v) is 6.52. The number of rotatable bonds is 2. The summed E-state index contributed by atoms with van der Waals surface area (Å²) < 4.78 is 5.78. The van der Waals surface area contributed by atoms with Gasteiger partial charge in [-0.1, -0.05) is 27.7 Å². The van der Waals surface area contributed by atoms with Crippen LogP contribution in [0.25, 0.3) is 0 Å². The quantitative estimate of drug-likeness (QED) is 0.771. The Balaban J connectivity index is 2.55. The highest BCUT2D eigenvalue weighted by Crippen LogP contribution is 2.38. The minimum absolute atomic E-state index is 0.550. The van der Waals surface area contributed by atoms with E-state index in [1.807, 2.05) is 0 Å². The number of ether oxygens (including phenoxy) is 1. The van der Waals surface area contributed by atoms with E-state index in [1.165, 1.54) is 16.8 Å². The van der Waals surface area contributed by atoms with Gasteiger partial charge in [-0.05, 0) is 35.1 Å². The lowest BCUT2D eigenvalue weighted by Crippen LogP contribution is -2.29. The molecule has 0 amide bonds. The lowest BCUT2D eigenvalue weighted by Gasteiger charge is -2.30. The molecule has 0 spiro atoms. The number of anilines is 1. The summed E-state index contributed by atoms with van der Waals surface area (Å²) in [6, 6.07) is 4.56. The van der Waals surface area contributed by atoms with E-state index in [-0.39, 0.29) is 0 Å². The van der Waals surface area contributed by atoms with Crippen molar-refractivity contribution in [2.75, 3.05) is 25.1 Å². The van der Waals surface area contributed by atoms with Crippen molar-refractivity contribution in [3.05, 3.63) is 23.3 Å². The number of hydrogen-bond donors (Lipinski definition) is 0. The summed E-state index contributed by atoms with van der Waals surface area (Å²) in [6.07, 6.45) is 0. The largest absolute Gasteiger partial charge is 0.490 e. The van der Waals surface area contributed by atoms with Crippen molar-refractivity contribution in [1.82, 2.24) is 0 Å². The summed E-state index contributed by atoms with van der Waals surface area (Å²) in [5.41, 5.74) is 4.12. The van der Waals surface area contributed by atoms with E-state index in [0.29, 0.717) is 11.8 Å². The van der Waals surface area contributed by atoms with Gasteiger partial charge in [0.1, 0.15) is 12.4 Å². The standard InChI is InChI=1S/C15H23NO/c1-10(2)12-8-14-15(9-13(12)11(3)4)17-7-6-16(14)5/h8-11H,6-7H2,1-5H3. The van der Waals surface area contributed by atoms with E-state index in [2.05, 4.69) is 51.8 Å². The molecule has 0 saturated heterocycles. The summed E-state index contributed by atoms with van der Waals surface area (Å²) >= 11 is 0. The molecule has 1 aromatic rings. The molecule has 0 aromatic heterocycles. The van der Waals surface area contributed by atoms with Gasteiger partial charge in [0.2, 0.25) is 0 Å². The van der Waals surface area contributed by atoms with Crippen LogP contribution in [0.3, 0.4) is 0 Å². The van der Waals surface area contributed by atoms with Gasteiger partial charge in [-0.2, -0.15) is 0 Å². The fourth-order valence-electron chi connectivity index (χ4n) is 2.43. The van der Waals surface area contributed by atoms with Gasteiger partial charge in [0.05, 0.1) is 12.2 Å². The fraction of sp³-hybridized carbons (Fsp3) is 0.600. The maximum absolute atomic E-state index is 5.78. The number of hydrogen-bond acceptors (Lipinski definition) is 2. The first-order valence-electron chi connectivity index (χ1n) is 6.52. The monoisotopic (exact) mass is 233 g/mol. The van der Waals surface area contributed by atoms with Crippen LogP contribution in [0.5, 0.6) is 5.75 Å². The van der Waals surface area contributed by atoms with Crippen molar-refractivity contribution in [3.8, 4) is 5.75 Å². The van der Waals surface area contributed by atoms with Crippen LogP contribution in [0.2, 0.25) is 0 Å². The molecular weight excluding hydrogens is 210 g/mol. The molecule has 0 saturated carbocycles. The van der Waals surface area contributed by atoms with Gasteiger partial charge >= 0.3 is 0 Å². The highest BCUT2D eigenvalue weighted by atomic mass is 16.5. The molecule has 94 valence electrons. The summed E-state index contributed by atoms with van der Waals surface area (Å²) in [5, 5.41) is 0. The van der Waals surface area contributed by atoms with Crippen LogP contribution in [0.4, 0.5) is 5.69 Å². The molecule has 1 aliphatic heterocycles. The van der Waals surface area contributed by atoms with Gasteiger partial charge in [0, 0.05) is 7.05 Å². The highest BCUT2D eigenvalue weighted by molar-refractivity contribution is 5.63. The molecule has 2 heteroatoms. The number of likely N-dealkylation sites (N-methyl/N-ethyl adjacent to an activating group) is 1. The zero-order valence-electron chi connectivity index (χ0n) is 11.6. The maximum Gasteiger partial charge on any atom is 0.142 e. The molecule has 0 radical (unpaired) electrons. The average Bonchev–Trinajstić information content (AvgIpc) is 2.27. The average molecular weight is 233 g/mol. The molecule has 1 aliphatic rings. The Bertz CT molecular complexity index is 410. The van der Waals surface area contributed by atoms with Gasteiger partial charge in [-0.15, -0.1) is 0 Å². The molecule has 0 unspecified atom stereocenters. The number of nitrogens with zero attached hydrogens (tertiary/aromatic N) is 1. The lowest BCUT2D eigenvalue weighted by atomic mass is 9.89. The SMILES string of the molecule is CC(C)c1cc2c(cc1C(C)C)N(C)CCO2. The Hall–Kier alpha value is -1.18. The molecule has 17 heavy (non-hydrogen) atoms. The molecule has 0 atom stereocenters. The van der Waals surface area contributed by atoms with Crippen LogP contribution in [-0.2, 0) is 0 Å². The summed E-state index contributed by atoms with van der Waals surface area (Å²) in [5.74, 6) is 2.16. The lowest BCUT2D eigenvalue weighted by molar-refractivity contribution is 0.310. The van der Waals surface area contributed by atoms with Crippen molar-refractivity contribution in [3.63, 3.8) is 0 Å². The first-order chi connectivity index (χ1) is 8.00. The van der Waals surface area contributed by atoms with Crippen molar-refractivity contribution >= 4 is 5.69 Å². The molecule has 0 N–H and O–H groups in total. The van der Waals surface area contributed by atoms with E-state index in [1.54, 1.807) is 0 Å². The zero-order valence-corrected chi connectivity index (χ0v) is 11.6. The van der Waals surface area contributed by atoms with Crippen LogP contribution in [-0.4, -0.2) is 20.2 Å². The van der Waals surface area contributed by atoms with Crippen LogP contribution < -0.4 is 9.64 Å². The predicted octanol–water partition coefficient (Wildman–Crippen LogP) is 3.76. The molecule has 1 heterocycles. The zero-order chi connectivity index (χ0) is 12.6. The molecule has 2 rings (SSSR count). The summed E-state index contributed by atoms with van der Waals surface area (Å²) in [6.45, 7) is 10.8. The van der Waals surface area contributed by atoms with E-state index in [0.717, 1.165) is 18.9 Å². The van der Waals surface area contributed by atoms with E-state index in [9.17, 15) is 0 Å². The number of benzene rings is 1. The van der Waals surface area contributed by atoms with Crippen molar-refractivity contribution < 1.29 is 4.74 Å². The molecule has 0 fully saturated rings. The third-order valence-corrected chi connectivity index (χ3v) is 3.50. The topological polar surface area (TPSA) is 12.5 Å². The summed E-state index contributed by atoms with van der Waals surface area (Å²) in [7, 11) is 2.14. The Kier molecular flexibility index (Phi) is 3.32. The third-order valence-electron chi connectivity index (χ3n) is 3.50. The minimum Gasteiger partial charge on any atom is -0.490 e. The van der Waals surface area contributed by atoms with Crippen LogP contribution in [0.15, 0.2) is 12.1 Å². The second-order valence-electron chi connectivity index (χ2n) is 5.53. The minimum atomic E-state index is 0.550. The van der Waals surface area contributed by atoms with E-state index >= 15 is 0 Å². The Morgan fingerprint density at radius 1 is 1.06 bits per heavy atom. The van der Waals surface area contributed by atoms with Crippen molar-refractivity contribution in [2.24, 2.45) is 0 Å². The highest BCUT2D eigenvalue weighted by Gasteiger charge is 2.20. The maximum atomic E-state index is 5.78. The van der Waals surface area contributed by atoms with E-state index < -0.39 is 0 Å². The third kappa shape index (κ3) is 2.26. The Labute approximate surface area is 105 Å². The fourth-order valence-corrected chi connectivity index (χ4v) is 2.43. The van der Waals surface area contributed by atoms with Gasteiger partial charge < -0.3 is 9.64 Å². The number of fused-ring (bicyclic) bond motifs is 1. The second kappa shape index (κ2) is 4.59. The normalized spacial score (nSPS) is 15.1. The van der Waals surface area contributed by atoms with Crippen LogP contribution in [0, 0.1) is 0 Å². The van der Waals surface area contributed by atoms with Gasteiger partial charge in [-0.3, -0.25) is 0 Å². The molecular formula is C15H23NO.